The number of hydrogen-bond donors (Lipinski definition) is 0. The van der Waals surface area contributed by atoms with E-state index in [2.05, 4.69) is 38.4 Å². The summed E-state index contributed by atoms with van der Waals surface area (Å²) >= 11 is 11.1. The van der Waals surface area contributed by atoms with Crippen molar-refractivity contribution in [3.05, 3.63) is 63.4 Å². The van der Waals surface area contributed by atoms with Crippen LogP contribution >= 0.6 is 38.9 Å². The van der Waals surface area contributed by atoms with Gasteiger partial charge in [-0.3, -0.25) is 0 Å². The van der Waals surface area contributed by atoms with Crippen molar-refractivity contribution in [3.63, 3.8) is 0 Å². The van der Waals surface area contributed by atoms with Gasteiger partial charge in [-0.25, -0.2) is 4.98 Å². The number of nitrogens with zero attached hydrogens (tertiary/aromatic N) is 1. The molecule has 0 aliphatic carbocycles. The van der Waals surface area contributed by atoms with Crippen molar-refractivity contribution < 1.29 is 0 Å². The van der Waals surface area contributed by atoms with E-state index >= 15 is 0 Å². The Morgan fingerprint density at radius 3 is 2.53 bits per heavy atom. The number of hydrogen-bond acceptors (Lipinski definition) is 2. The third-order valence-corrected chi connectivity index (χ3v) is 4.37. The Bertz CT molecular complexity index is 706. The average molecular weight is 351 g/mol. The predicted octanol–water partition coefficient (Wildman–Crippen LogP) is 5.89. The van der Waals surface area contributed by atoms with Crippen molar-refractivity contribution in [1.82, 2.24) is 4.98 Å². The molecule has 0 saturated carbocycles. The number of halogens is 2. The van der Waals surface area contributed by atoms with Gasteiger partial charge >= 0.3 is 0 Å². The Morgan fingerprint density at radius 1 is 1.00 bits per heavy atom. The quantitative estimate of drug-likeness (QED) is 0.561. The van der Waals surface area contributed by atoms with Gasteiger partial charge in [0.15, 0.2) is 0 Å². The molecule has 1 aromatic heterocycles. The van der Waals surface area contributed by atoms with Crippen LogP contribution in [0.1, 0.15) is 0 Å². The Kier molecular flexibility index (Phi) is 3.69. The molecule has 4 heteroatoms. The molecule has 0 aliphatic heterocycles. The Morgan fingerprint density at radius 2 is 1.79 bits per heavy atom. The Hall–Kier alpha value is -1.16. The molecule has 0 saturated heterocycles. The molecule has 0 fully saturated rings. The summed E-state index contributed by atoms with van der Waals surface area (Å²) in [5.74, 6) is 0. The monoisotopic (exact) mass is 349 g/mol. The maximum atomic E-state index is 6.01. The number of aromatic nitrogens is 1. The summed E-state index contributed by atoms with van der Waals surface area (Å²) in [6.45, 7) is 0. The van der Waals surface area contributed by atoms with Crippen LogP contribution in [0.2, 0.25) is 5.02 Å². The Labute approximate surface area is 129 Å². The van der Waals surface area contributed by atoms with Gasteiger partial charge in [-0.1, -0.05) is 51.8 Å². The molecule has 0 N–H and O–H groups in total. The van der Waals surface area contributed by atoms with E-state index in [1.165, 1.54) is 0 Å². The summed E-state index contributed by atoms with van der Waals surface area (Å²) < 4.78 is 1.07. The fourth-order valence-corrected chi connectivity index (χ4v) is 3.07. The van der Waals surface area contributed by atoms with E-state index in [9.17, 15) is 0 Å². The molecule has 0 bridgehead atoms. The van der Waals surface area contributed by atoms with Crippen LogP contribution in [-0.4, -0.2) is 4.98 Å². The van der Waals surface area contributed by atoms with Gasteiger partial charge in [0.2, 0.25) is 0 Å². The SMILES string of the molecule is Clc1cccc(-c2csc(-c3ccc(Br)cc3)n2)c1. The van der Waals surface area contributed by atoms with Crippen molar-refractivity contribution in [2.24, 2.45) is 0 Å². The zero-order chi connectivity index (χ0) is 13.2. The lowest BCUT2D eigenvalue weighted by atomic mass is 10.2. The summed E-state index contributed by atoms with van der Waals surface area (Å²) in [6, 6.07) is 15.9. The van der Waals surface area contributed by atoms with Crippen LogP contribution in [-0.2, 0) is 0 Å². The second-order valence-corrected chi connectivity index (χ2v) is 6.27. The second kappa shape index (κ2) is 5.45. The van der Waals surface area contributed by atoms with E-state index in [1.54, 1.807) is 11.3 Å². The summed E-state index contributed by atoms with van der Waals surface area (Å²) in [6.07, 6.45) is 0. The third-order valence-electron chi connectivity index (χ3n) is 2.72. The second-order valence-electron chi connectivity index (χ2n) is 4.06. The lowest BCUT2D eigenvalue weighted by Gasteiger charge is -1.98. The van der Waals surface area contributed by atoms with Gasteiger partial charge in [0.25, 0.3) is 0 Å². The van der Waals surface area contributed by atoms with Crippen LogP contribution in [0.5, 0.6) is 0 Å². The van der Waals surface area contributed by atoms with Crippen LogP contribution in [0.3, 0.4) is 0 Å². The summed E-state index contributed by atoms with van der Waals surface area (Å²) in [5.41, 5.74) is 3.14. The van der Waals surface area contributed by atoms with Crippen molar-refractivity contribution in [1.29, 1.82) is 0 Å². The van der Waals surface area contributed by atoms with Crippen molar-refractivity contribution in [2.75, 3.05) is 0 Å². The number of rotatable bonds is 2. The average Bonchev–Trinajstić information content (AvgIpc) is 2.89. The van der Waals surface area contributed by atoms with Crippen molar-refractivity contribution >= 4 is 38.9 Å². The van der Waals surface area contributed by atoms with E-state index in [0.717, 1.165) is 31.3 Å². The van der Waals surface area contributed by atoms with Gasteiger partial charge < -0.3 is 0 Å². The fourth-order valence-electron chi connectivity index (χ4n) is 1.78. The first-order valence-electron chi connectivity index (χ1n) is 5.70. The maximum absolute atomic E-state index is 6.01. The molecule has 1 nitrogen and oxygen atoms in total. The topological polar surface area (TPSA) is 12.9 Å². The van der Waals surface area contributed by atoms with E-state index < -0.39 is 0 Å². The predicted molar refractivity (Wildman–Crippen MR) is 85.7 cm³/mol. The largest absolute Gasteiger partial charge is 0.236 e. The molecular formula is C15H9BrClNS. The molecule has 94 valence electrons. The summed E-state index contributed by atoms with van der Waals surface area (Å²) in [7, 11) is 0. The highest BCUT2D eigenvalue weighted by Crippen LogP contribution is 2.30. The lowest BCUT2D eigenvalue weighted by molar-refractivity contribution is 1.40. The van der Waals surface area contributed by atoms with E-state index in [-0.39, 0.29) is 0 Å². The van der Waals surface area contributed by atoms with Gasteiger partial charge in [-0.15, -0.1) is 11.3 Å². The normalized spacial score (nSPS) is 10.6. The molecule has 2 aromatic carbocycles. The van der Waals surface area contributed by atoms with E-state index in [0.29, 0.717) is 0 Å². The molecule has 0 radical (unpaired) electrons. The number of benzene rings is 2. The highest BCUT2D eigenvalue weighted by molar-refractivity contribution is 9.10. The molecular weight excluding hydrogens is 342 g/mol. The van der Waals surface area contributed by atoms with Gasteiger partial charge in [0.1, 0.15) is 5.01 Å². The van der Waals surface area contributed by atoms with E-state index in [4.69, 9.17) is 11.6 Å². The van der Waals surface area contributed by atoms with Crippen LogP contribution in [0.15, 0.2) is 58.4 Å². The van der Waals surface area contributed by atoms with Crippen molar-refractivity contribution in [2.45, 2.75) is 0 Å². The highest BCUT2D eigenvalue weighted by Gasteiger charge is 2.06. The van der Waals surface area contributed by atoms with E-state index in [1.807, 2.05) is 36.4 Å². The van der Waals surface area contributed by atoms with Gasteiger partial charge in [-0.05, 0) is 24.3 Å². The molecule has 19 heavy (non-hydrogen) atoms. The molecule has 1 heterocycles. The fraction of sp³-hybridized carbons (Fsp3) is 0. The first kappa shape index (κ1) is 12.9. The summed E-state index contributed by atoms with van der Waals surface area (Å²) in [5, 5.41) is 3.81. The first-order chi connectivity index (χ1) is 9.22. The van der Waals surface area contributed by atoms with Crippen LogP contribution < -0.4 is 0 Å². The molecule has 3 rings (SSSR count). The van der Waals surface area contributed by atoms with Gasteiger partial charge in [0, 0.05) is 26.0 Å². The lowest BCUT2D eigenvalue weighted by Crippen LogP contribution is -1.79. The van der Waals surface area contributed by atoms with Gasteiger partial charge in [0.05, 0.1) is 5.69 Å². The molecule has 0 amide bonds. The molecule has 0 spiro atoms. The minimum atomic E-state index is 0.732. The molecule has 0 unspecified atom stereocenters. The van der Waals surface area contributed by atoms with Gasteiger partial charge in [-0.2, -0.15) is 0 Å². The minimum absolute atomic E-state index is 0.732. The number of thiazole rings is 1. The summed E-state index contributed by atoms with van der Waals surface area (Å²) in [4.78, 5) is 4.67. The van der Waals surface area contributed by atoms with Crippen LogP contribution in [0, 0.1) is 0 Å². The highest BCUT2D eigenvalue weighted by atomic mass is 79.9. The Balaban J connectivity index is 1.97. The zero-order valence-electron chi connectivity index (χ0n) is 9.81. The van der Waals surface area contributed by atoms with Crippen LogP contribution in [0.4, 0.5) is 0 Å². The smallest absolute Gasteiger partial charge is 0.124 e. The van der Waals surface area contributed by atoms with Crippen molar-refractivity contribution in [3.8, 4) is 21.8 Å². The first-order valence-corrected chi connectivity index (χ1v) is 7.75. The maximum Gasteiger partial charge on any atom is 0.124 e. The molecule has 0 atom stereocenters. The molecule has 0 aliphatic rings. The minimum Gasteiger partial charge on any atom is -0.236 e. The third kappa shape index (κ3) is 2.89. The zero-order valence-corrected chi connectivity index (χ0v) is 13.0. The molecule has 3 aromatic rings. The standard InChI is InChI=1S/C15H9BrClNS/c16-12-6-4-10(5-7-12)15-18-14(9-19-15)11-2-1-3-13(17)8-11/h1-9H. The van der Waals surface area contributed by atoms with Crippen LogP contribution in [0.25, 0.3) is 21.8 Å².